The van der Waals surface area contributed by atoms with Gasteiger partial charge in [-0.2, -0.15) is 0 Å². The van der Waals surface area contributed by atoms with Crippen molar-refractivity contribution in [2.24, 2.45) is 5.92 Å². The number of amides is 2. The van der Waals surface area contributed by atoms with Gasteiger partial charge in [0, 0.05) is 45.0 Å². The second-order valence-corrected chi connectivity index (χ2v) is 8.53. The van der Waals surface area contributed by atoms with E-state index in [9.17, 15) is 9.59 Å². The minimum Gasteiger partial charge on any atom is -0.497 e. The summed E-state index contributed by atoms with van der Waals surface area (Å²) in [7, 11) is 1.67. The maximum atomic E-state index is 13.1. The molecule has 0 spiro atoms. The topological polar surface area (TPSA) is 53.1 Å². The Kier molecular flexibility index (Phi) is 6.04. The normalized spacial score (nSPS) is 19.9. The molecule has 4 rings (SSSR count). The van der Waals surface area contributed by atoms with Gasteiger partial charge in [0.2, 0.25) is 5.91 Å². The first-order valence-electron chi connectivity index (χ1n) is 10.2. The van der Waals surface area contributed by atoms with Crippen molar-refractivity contribution in [2.75, 3.05) is 51.3 Å². The predicted octanol–water partition coefficient (Wildman–Crippen LogP) is 2.96. The van der Waals surface area contributed by atoms with Crippen LogP contribution in [0.5, 0.6) is 5.75 Å². The van der Waals surface area contributed by atoms with Crippen LogP contribution < -0.4 is 9.64 Å². The van der Waals surface area contributed by atoms with Crippen molar-refractivity contribution < 1.29 is 14.3 Å². The number of piperazine rings is 1. The molecule has 0 radical (unpaired) electrons. The van der Waals surface area contributed by atoms with Crippen molar-refractivity contribution in [1.82, 2.24) is 9.80 Å². The summed E-state index contributed by atoms with van der Waals surface area (Å²) < 4.78 is 5.22. The van der Waals surface area contributed by atoms with E-state index >= 15 is 0 Å². The second kappa shape index (κ2) is 8.86. The van der Waals surface area contributed by atoms with Crippen LogP contribution in [0.15, 0.2) is 41.8 Å². The van der Waals surface area contributed by atoms with Gasteiger partial charge in [0.25, 0.3) is 5.91 Å². The predicted molar refractivity (Wildman–Crippen MR) is 115 cm³/mol. The summed E-state index contributed by atoms with van der Waals surface area (Å²) in [4.78, 5) is 32.6. The number of carbonyl (C=O) groups is 2. The van der Waals surface area contributed by atoms with Crippen LogP contribution in [0.2, 0.25) is 0 Å². The zero-order valence-electron chi connectivity index (χ0n) is 16.8. The molecule has 2 saturated heterocycles. The van der Waals surface area contributed by atoms with Gasteiger partial charge in [-0.1, -0.05) is 6.07 Å². The van der Waals surface area contributed by atoms with Crippen molar-refractivity contribution >= 4 is 28.8 Å². The first-order chi connectivity index (χ1) is 14.2. The molecule has 1 unspecified atom stereocenters. The Bertz CT molecular complexity index is 829. The van der Waals surface area contributed by atoms with E-state index in [0.717, 1.165) is 61.9 Å². The lowest BCUT2D eigenvalue weighted by molar-refractivity contribution is -0.137. The van der Waals surface area contributed by atoms with Crippen LogP contribution in [0.25, 0.3) is 0 Å². The van der Waals surface area contributed by atoms with Crippen LogP contribution in [0, 0.1) is 5.92 Å². The number of piperidine rings is 1. The Morgan fingerprint density at radius 1 is 1.00 bits per heavy atom. The maximum Gasteiger partial charge on any atom is 0.263 e. The van der Waals surface area contributed by atoms with E-state index in [1.165, 1.54) is 11.3 Å². The smallest absolute Gasteiger partial charge is 0.263 e. The molecule has 2 amide bonds. The second-order valence-electron chi connectivity index (χ2n) is 7.58. The average molecular weight is 414 g/mol. The van der Waals surface area contributed by atoms with Crippen LogP contribution in [-0.2, 0) is 4.79 Å². The maximum absolute atomic E-state index is 13.1. The van der Waals surface area contributed by atoms with E-state index in [1.807, 2.05) is 39.4 Å². The van der Waals surface area contributed by atoms with E-state index in [1.54, 1.807) is 7.11 Å². The molecular formula is C22H27N3O3S. The Balaban J connectivity index is 1.32. The molecule has 3 heterocycles. The minimum absolute atomic E-state index is 0.0572. The van der Waals surface area contributed by atoms with Crippen molar-refractivity contribution in [1.29, 1.82) is 0 Å². The quantitative estimate of drug-likeness (QED) is 0.773. The molecule has 1 atom stereocenters. The van der Waals surface area contributed by atoms with Crippen LogP contribution in [0.4, 0.5) is 5.69 Å². The minimum atomic E-state index is -0.0831. The van der Waals surface area contributed by atoms with Gasteiger partial charge in [-0.15, -0.1) is 11.3 Å². The Hall–Kier alpha value is -2.54. The van der Waals surface area contributed by atoms with E-state index in [4.69, 9.17) is 4.74 Å². The molecule has 2 aromatic rings. The molecule has 2 aliphatic heterocycles. The van der Waals surface area contributed by atoms with Gasteiger partial charge in [0.15, 0.2) is 0 Å². The number of nitrogens with zero attached hydrogens (tertiary/aromatic N) is 3. The fraction of sp³-hybridized carbons (Fsp3) is 0.455. The number of thiophene rings is 1. The highest BCUT2D eigenvalue weighted by atomic mass is 32.1. The molecule has 0 aliphatic carbocycles. The standard InChI is InChI=1S/C22H27N3O3S/c1-28-19-8-6-18(7-9-19)23-11-13-24(14-12-23)21(26)17-4-2-10-25(16-17)22(27)20-5-3-15-29-20/h3,5-9,15,17H,2,4,10-14,16H2,1H3. The van der Waals surface area contributed by atoms with Gasteiger partial charge in [0.1, 0.15) is 5.75 Å². The monoisotopic (exact) mass is 413 g/mol. The summed E-state index contributed by atoms with van der Waals surface area (Å²) in [5.74, 6) is 1.02. The SMILES string of the molecule is COc1ccc(N2CCN(C(=O)C3CCCN(C(=O)c4cccs4)C3)CC2)cc1. The number of ether oxygens (including phenoxy) is 1. The molecule has 1 aromatic heterocycles. The van der Waals surface area contributed by atoms with E-state index in [2.05, 4.69) is 17.0 Å². The first kappa shape index (κ1) is 19.8. The van der Waals surface area contributed by atoms with Gasteiger partial charge in [0.05, 0.1) is 17.9 Å². The van der Waals surface area contributed by atoms with Crippen molar-refractivity contribution in [3.05, 3.63) is 46.7 Å². The molecule has 7 heteroatoms. The number of rotatable bonds is 4. The van der Waals surface area contributed by atoms with Crippen molar-refractivity contribution in [3.63, 3.8) is 0 Å². The van der Waals surface area contributed by atoms with Gasteiger partial charge in [-0.05, 0) is 48.6 Å². The number of likely N-dealkylation sites (tertiary alicyclic amines) is 1. The van der Waals surface area contributed by atoms with Crippen LogP contribution in [0.3, 0.4) is 0 Å². The number of hydrogen-bond donors (Lipinski definition) is 0. The van der Waals surface area contributed by atoms with E-state index in [0.29, 0.717) is 6.54 Å². The third-order valence-corrected chi connectivity index (χ3v) is 6.68. The third-order valence-electron chi connectivity index (χ3n) is 5.82. The molecule has 0 bridgehead atoms. The summed E-state index contributed by atoms with van der Waals surface area (Å²) in [5, 5.41) is 1.92. The number of hydrogen-bond acceptors (Lipinski definition) is 5. The first-order valence-corrected chi connectivity index (χ1v) is 11.0. The van der Waals surface area contributed by atoms with Crippen LogP contribution in [-0.4, -0.2) is 68.0 Å². The molecule has 2 aliphatic rings. The highest BCUT2D eigenvalue weighted by Gasteiger charge is 2.33. The van der Waals surface area contributed by atoms with E-state index < -0.39 is 0 Å². The van der Waals surface area contributed by atoms with Gasteiger partial charge >= 0.3 is 0 Å². The Morgan fingerprint density at radius 2 is 1.76 bits per heavy atom. The molecular weight excluding hydrogens is 386 g/mol. The molecule has 6 nitrogen and oxygen atoms in total. The van der Waals surface area contributed by atoms with Gasteiger partial charge < -0.3 is 19.4 Å². The Morgan fingerprint density at radius 3 is 2.41 bits per heavy atom. The van der Waals surface area contributed by atoms with Gasteiger partial charge in [-0.25, -0.2) is 0 Å². The fourth-order valence-corrected chi connectivity index (χ4v) is 4.85. The fourth-order valence-electron chi connectivity index (χ4n) is 4.16. The third kappa shape index (κ3) is 4.40. The van der Waals surface area contributed by atoms with E-state index in [-0.39, 0.29) is 17.7 Å². The van der Waals surface area contributed by atoms with Crippen molar-refractivity contribution in [3.8, 4) is 5.75 Å². The molecule has 0 N–H and O–H groups in total. The summed E-state index contributed by atoms with van der Waals surface area (Å²) in [5.41, 5.74) is 1.16. The highest BCUT2D eigenvalue weighted by molar-refractivity contribution is 7.12. The highest BCUT2D eigenvalue weighted by Crippen LogP contribution is 2.24. The number of benzene rings is 1. The van der Waals surface area contributed by atoms with Crippen LogP contribution in [0.1, 0.15) is 22.5 Å². The van der Waals surface area contributed by atoms with Gasteiger partial charge in [-0.3, -0.25) is 9.59 Å². The summed E-state index contributed by atoms with van der Waals surface area (Å²) >= 11 is 1.46. The summed E-state index contributed by atoms with van der Waals surface area (Å²) in [6, 6.07) is 11.8. The molecule has 1 aromatic carbocycles. The molecule has 2 fully saturated rings. The van der Waals surface area contributed by atoms with Crippen molar-refractivity contribution in [2.45, 2.75) is 12.8 Å². The average Bonchev–Trinajstić information content (AvgIpc) is 3.33. The lowest BCUT2D eigenvalue weighted by atomic mass is 9.96. The molecule has 154 valence electrons. The number of methoxy groups -OCH3 is 1. The summed E-state index contributed by atoms with van der Waals surface area (Å²) in [6.45, 7) is 4.37. The Labute approximate surface area is 175 Å². The number of anilines is 1. The lowest BCUT2D eigenvalue weighted by Crippen LogP contribution is -2.53. The molecule has 29 heavy (non-hydrogen) atoms. The zero-order chi connectivity index (χ0) is 20.2. The summed E-state index contributed by atoms with van der Waals surface area (Å²) in [6.07, 6.45) is 1.76. The largest absolute Gasteiger partial charge is 0.497 e. The lowest BCUT2D eigenvalue weighted by Gasteiger charge is -2.39. The molecule has 0 saturated carbocycles. The number of carbonyl (C=O) groups excluding carboxylic acids is 2. The zero-order valence-corrected chi connectivity index (χ0v) is 17.6. The van der Waals surface area contributed by atoms with Crippen LogP contribution >= 0.6 is 11.3 Å².